The van der Waals surface area contributed by atoms with E-state index in [1.54, 1.807) is 7.11 Å². The van der Waals surface area contributed by atoms with Crippen molar-refractivity contribution in [2.75, 3.05) is 33.5 Å². The maximum Gasteiger partial charge on any atom is 0.303 e. The highest BCUT2D eigenvalue weighted by Gasteiger charge is 2.03. The quantitative estimate of drug-likeness (QED) is 0.519. The molecule has 0 amide bonds. The third-order valence-corrected chi connectivity index (χ3v) is 2.18. The van der Waals surface area contributed by atoms with Gasteiger partial charge in [0.05, 0.1) is 13.2 Å². The lowest BCUT2D eigenvalue weighted by Gasteiger charge is -2.12. The number of carboxylic acids is 1. The van der Waals surface area contributed by atoms with Crippen molar-refractivity contribution < 1.29 is 19.4 Å². The predicted octanol–water partition coefficient (Wildman–Crippen LogP) is 0.882. The van der Waals surface area contributed by atoms with E-state index in [4.69, 9.17) is 14.6 Å². The summed E-state index contributed by atoms with van der Waals surface area (Å²) in [5.74, 6) is -0.739. The smallest absolute Gasteiger partial charge is 0.303 e. The fourth-order valence-corrected chi connectivity index (χ4v) is 1.21. The lowest BCUT2D eigenvalue weighted by Crippen LogP contribution is -2.28. The number of carbonyl (C=O) groups is 1. The van der Waals surface area contributed by atoms with E-state index < -0.39 is 5.97 Å². The molecule has 0 spiro atoms. The van der Waals surface area contributed by atoms with Crippen LogP contribution in [0.1, 0.15) is 26.2 Å². The molecule has 1 atom stereocenters. The fourth-order valence-electron chi connectivity index (χ4n) is 1.21. The Hall–Kier alpha value is -0.650. The van der Waals surface area contributed by atoms with Gasteiger partial charge in [-0.05, 0) is 26.3 Å². The number of methoxy groups -OCH3 is 1. The van der Waals surface area contributed by atoms with E-state index >= 15 is 0 Å². The van der Waals surface area contributed by atoms with E-state index in [9.17, 15) is 4.79 Å². The van der Waals surface area contributed by atoms with Gasteiger partial charge >= 0.3 is 5.97 Å². The summed E-state index contributed by atoms with van der Waals surface area (Å²) in [7, 11) is 1.65. The van der Waals surface area contributed by atoms with Crippen molar-refractivity contribution in [3.05, 3.63) is 0 Å². The van der Waals surface area contributed by atoms with E-state index in [2.05, 4.69) is 5.32 Å². The molecule has 2 N–H and O–H groups in total. The minimum absolute atomic E-state index is 0.221. The van der Waals surface area contributed by atoms with Crippen LogP contribution in [-0.4, -0.2) is 50.6 Å². The van der Waals surface area contributed by atoms with Crippen LogP contribution >= 0.6 is 0 Å². The molecule has 5 heteroatoms. The summed E-state index contributed by atoms with van der Waals surface area (Å²) >= 11 is 0. The van der Waals surface area contributed by atoms with Crippen LogP contribution in [0.4, 0.5) is 0 Å². The first-order valence-corrected chi connectivity index (χ1v) is 5.68. The van der Waals surface area contributed by atoms with Gasteiger partial charge in [-0.1, -0.05) is 0 Å². The Morgan fingerprint density at radius 3 is 2.75 bits per heavy atom. The molecule has 0 aliphatic heterocycles. The van der Waals surface area contributed by atoms with E-state index in [0.717, 1.165) is 13.0 Å². The van der Waals surface area contributed by atoms with Crippen molar-refractivity contribution in [3.63, 3.8) is 0 Å². The lowest BCUT2D eigenvalue weighted by atomic mass is 10.2. The van der Waals surface area contributed by atoms with Gasteiger partial charge in [-0.2, -0.15) is 0 Å². The molecule has 0 aromatic carbocycles. The second-order valence-corrected chi connectivity index (χ2v) is 3.75. The lowest BCUT2D eigenvalue weighted by molar-refractivity contribution is -0.137. The van der Waals surface area contributed by atoms with Crippen molar-refractivity contribution in [2.45, 2.75) is 32.2 Å². The van der Waals surface area contributed by atoms with Gasteiger partial charge in [-0.25, -0.2) is 0 Å². The molecule has 16 heavy (non-hydrogen) atoms. The van der Waals surface area contributed by atoms with Crippen molar-refractivity contribution >= 4 is 5.97 Å². The highest BCUT2D eigenvalue weighted by molar-refractivity contribution is 5.66. The van der Waals surface area contributed by atoms with Crippen molar-refractivity contribution in [1.29, 1.82) is 0 Å². The zero-order valence-corrected chi connectivity index (χ0v) is 10.2. The second-order valence-electron chi connectivity index (χ2n) is 3.75. The average molecular weight is 233 g/mol. The highest BCUT2D eigenvalue weighted by Crippen LogP contribution is 1.96. The summed E-state index contributed by atoms with van der Waals surface area (Å²) in [4.78, 5) is 10.3. The Morgan fingerprint density at radius 1 is 1.38 bits per heavy atom. The number of rotatable bonds is 11. The Labute approximate surface area is 97.1 Å². The molecule has 0 fully saturated rings. The van der Waals surface area contributed by atoms with Crippen LogP contribution in [0.5, 0.6) is 0 Å². The Morgan fingerprint density at radius 2 is 2.12 bits per heavy atom. The molecule has 1 unspecified atom stereocenters. The van der Waals surface area contributed by atoms with Gasteiger partial charge < -0.3 is 19.9 Å². The standard InChI is InChI=1S/C11H23NO4/c1-10(4-5-11(13)14)12-6-3-7-16-9-8-15-2/h10,12H,3-9H2,1-2H3,(H,13,14). The topological polar surface area (TPSA) is 67.8 Å². The summed E-state index contributed by atoms with van der Waals surface area (Å²) in [5, 5.41) is 11.7. The van der Waals surface area contributed by atoms with Crippen LogP contribution < -0.4 is 5.32 Å². The number of hydrogen-bond donors (Lipinski definition) is 2. The van der Waals surface area contributed by atoms with E-state index in [-0.39, 0.29) is 12.5 Å². The monoisotopic (exact) mass is 233 g/mol. The van der Waals surface area contributed by atoms with Gasteiger partial charge in [0, 0.05) is 26.2 Å². The number of aliphatic carboxylic acids is 1. The summed E-state index contributed by atoms with van der Waals surface area (Å²) in [6.07, 6.45) is 1.82. The minimum atomic E-state index is -0.739. The highest BCUT2D eigenvalue weighted by atomic mass is 16.5. The molecule has 0 bridgehead atoms. The Kier molecular flexibility index (Phi) is 10.4. The SMILES string of the molecule is COCCOCCCNC(C)CCC(=O)O. The number of ether oxygens (including phenoxy) is 2. The third-order valence-electron chi connectivity index (χ3n) is 2.18. The minimum Gasteiger partial charge on any atom is -0.481 e. The first-order valence-electron chi connectivity index (χ1n) is 5.68. The Balaban J connectivity index is 3.15. The molecule has 96 valence electrons. The van der Waals surface area contributed by atoms with Crippen LogP contribution in [0.2, 0.25) is 0 Å². The molecular weight excluding hydrogens is 210 g/mol. The Bertz CT molecular complexity index is 175. The predicted molar refractivity (Wildman–Crippen MR) is 61.6 cm³/mol. The number of carboxylic acid groups (broad SMARTS) is 1. The van der Waals surface area contributed by atoms with Crippen molar-refractivity contribution in [1.82, 2.24) is 5.32 Å². The van der Waals surface area contributed by atoms with Gasteiger partial charge in [-0.15, -0.1) is 0 Å². The molecule has 0 aliphatic rings. The fraction of sp³-hybridized carbons (Fsp3) is 0.909. The van der Waals surface area contributed by atoms with E-state index in [1.165, 1.54) is 0 Å². The third kappa shape index (κ3) is 11.4. The molecular formula is C11H23NO4. The molecule has 5 nitrogen and oxygen atoms in total. The van der Waals surface area contributed by atoms with Crippen LogP contribution in [0, 0.1) is 0 Å². The van der Waals surface area contributed by atoms with Gasteiger partial charge in [0.1, 0.15) is 0 Å². The first-order chi connectivity index (χ1) is 7.66. The summed E-state index contributed by atoms with van der Waals surface area (Å²) in [6.45, 7) is 4.82. The molecule has 0 aromatic heterocycles. The van der Waals surface area contributed by atoms with Gasteiger partial charge in [0.2, 0.25) is 0 Å². The summed E-state index contributed by atoms with van der Waals surface area (Å²) in [5.41, 5.74) is 0. The molecule has 0 saturated heterocycles. The largest absolute Gasteiger partial charge is 0.481 e. The van der Waals surface area contributed by atoms with Crippen LogP contribution in [0.15, 0.2) is 0 Å². The normalized spacial score (nSPS) is 12.6. The van der Waals surface area contributed by atoms with Gasteiger partial charge in [0.15, 0.2) is 0 Å². The number of hydrogen-bond acceptors (Lipinski definition) is 4. The van der Waals surface area contributed by atoms with Crippen LogP contribution in [-0.2, 0) is 14.3 Å². The molecule has 0 aromatic rings. The average Bonchev–Trinajstić information content (AvgIpc) is 2.25. The van der Waals surface area contributed by atoms with E-state index in [0.29, 0.717) is 26.2 Å². The van der Waals surface area contributed by atoms with Crippen LogP contribution in [0.3, 0.4) is 0 Å². The van der Waals surface area contributed by atoms with Crippen LogP contribution in [0.25, 0.3) is 0 Å². The maximum atomic E-state index is 10.3. The van der Waals surface area contributed by atoms with Gasteiger partial charge in [-0.3, -0.25) is 4.79 Å². The maximum absolute atomic E-state index is 10.3. The molecule has 0 aliphatic carbocycles. The zero-order valence-electron chi connectivity index (χ0n) is 10.2. The van der Waals surface area contributed by atoms with Crippen molar-refractivity contribution in [3.8, 4) is 0 Å². The molecule has 0 saturated carbocycles. The summed E-state index contributed by atoms with van der Waals surface area (Å²) < 4.78 is 10.1. The second kappa shape index (κ2) is 10.9. The summed E-state index contributed by atoms with van der Waals surface area (Å²) in [6, 6.07) is 0.245. The van der Waals surface area contributed by atoms with Crippen molar-refractivity contribution in [2.24, 2.45) is 0 Å². The zero-order chi connectivity index (χ0) is 12.2. The van der Waals surface area contributed by atoms with Gasteiger partial charge in [0.25, 0.3) is 0 Å². The molecule has 0 radical (unpaired) electrons. The number of nitrogens with one attached hydrogen (secondary N) is 1. The first kappa shape index (κ1) is 15.3. The molecule has 0 rings (SSSR count). The molecule has 0 heterocycles. The van der Waals surface area contributed by atoms with E-state index in [1.807, 2.05) is 6.92 Å².